The van der Waals surface area contributed by atoms with Crippen molar-refractivity contribution in [2.45, 2.75) is 4.83 Å². The van der Waals surface area contributed by atoms with E-state index >= 15 is 0 Å². The van der Waals surface area contributed by atoms with E-state index in [1.165, 1.54) is 4.88 Å². The molecule has 1 unspecified atom stereocenters. The molecular formula is C14H12Br2O3S. The van der Waals surface area contributed by atoms with Crippen LogP contribution in [-0.4, -0.2) is 20.3 Å². The lowest BCUT2D eigenvalue weighted by Crippen LogP contribution is -2.15. The summed E-state index contributed by atoms with van der Waals surface area (Å²) in [7, 11) is 1.68. The summed E-state index contributed by atoms with van der Waals surface area (Å²) in [5.41, 5.74) is 1.11. The van der Waals surface area contributed by atoms with E-state index in [0.29, 0.717) is 13.2 Å². The maximum absolute atomic E-state index is 5.64. The molecule has 0 radical (unpaired) electrons. The number of methoxy groups -OCH3 is 1. The Morgan fingerprint density at radius 1 is 1.20 bits per heavy atom. The number of fused-ring (bicyclic) bond motifs is 1. The lowest BCUT2D eigenvalue weighted by molar-refractivity contribution is 0.171. The number of halogens is 2. The van der Waals surface area contributed by atoms with Crippen molar-refractivity contribution < 1.29 is 14.2 Å². The average molecular weight is 420 g/mol. The van der Waals surface area contributed by atoms with Crippen molar-refractivity contribution in [1.82, 2.24) is 0 Å². The first-order valence-electron chi connectivity index (χ1n) is 6.04. The van der Waals surface area contributed by atoms with Gasteiger partial charge in [0.15, 0.2) is 11.5 Å². The van der Waals surface area contributed by atoms with Gasteiger partial charge in [-0.05, 0) is 23.8 Å². The fraction of sp³-hybridized carbons (Fsp3) is 0.286. The van der Waals surface area contributed by atoms with Gasteiger partial charge in [0, 0.05) is 14.7 Å². The van der Waals surface area contributed by atoms with E-state index in [1.807, 2.05) is 23.6 Å². The molecule has 3 nitrogen and oxygen atoms in total. The average Bonchev–Trinajstić information content (AvgIpc) is 2.94. The number of alkyl halides is 1. The van der Waals surface area contributed by atoms with E-state index in [4.69, 9.17) is 14.2 Å². The molecule has 2 heterocycles. The molecule has 1 aromatic heterocycles. The molecule has 0 amide bonds. The minimum atomic E-state index is 0.0848. The highest BCUT2D eigenvalue weighted by atomic mass is 79.9. The molecule has 0 N–H and O–H groups in total. The molecule has 0 saturated carbocycles. The van der Waals surface area contributed by atoms with Crippen molar-refractivity contribution in [3.8, 4) is 17.2 Å². The zero-order valence-electron chi connectivity index (χ0n) is 10.7. The van der Waals surface area contributed by atoms with Crippen LogP contribution in [0.1, 0.15) is 15.3 Å². The summed E-state index contributed by atoms with van der Waals surface area (Å²) in [5, 5.41) is 2.00. The van der Waals surface area contributed by atoms with Crippen LogP contribution >= 0.6 is 43.2 Å². The fourth-order valence-corrected chi connectivity index (χ4v) is 4.54. The Labute approximate surface area is 138 Å². The monoisotopic (exact) mass is 418 g/mol. The van der Waals surface area contributed by atoms with Gasteiger partial charge in [-0.3, -0.25) is 0 Å². The van der Waals surface area contributed by atoms with Gasteiger partial charge >= 0.3 is 0 Å². The molecule has 20 heavy (non-hydrogen) atoms. The van der Waals surface area contributed by atoms with Gasteiger partial charge in [-0.1, -0.05) is 31.9 Å². The van der Waals surface area contributed by atoms with Crippen LogP contribution < -0.4 is 14.2 Å². The second-order valence-electron chi connectivity index (χ2n) is 4.27. The molecule has 106 valence electrons. The van der Waals surface area contributed by atoms with Crippen LogP contribution in [0.4, 0.5) is 0 Å². The molecule has 1 atom stereocenters. The Bertz CT molecular complexity index is 627. The van der Waals surface area contributed by atoms with Crippen molar-refractivity contribution in [3.63, 3.8) is 0 Å². The van der Waals surface area contributed by atoms with E-state index < -0.39 is 0 Å². The lowest BCUT2D eigenvalue weighted by atomic mass is 10.1. The summed E-state index contributed by atoms with van der Waals surface area (Å²) in [6, 6.07) is 6.01. The summed E-state index contributed by atoms with van der Waals surface area (Å²) in [5.74, 6) is 2.46. The Morgan fingerprint density at radius 3 is 2.55 bits per heavy atom. The van der Waals surface area contributed by atoms with Crippen LogP contribution in [-0.2, 0) is 0 Å². The van der Waals surface area contributed by atoms with Crippen molar-refractivity contribution >= 4 is 43.2 Å². The van der Waals surface area contributed by atoms with Gasteiger partial charge in [-0.25, -0.2) is 0 Å². The zero-order chi connectivity index (χ0) is 14.1. The highest BCUT2D eigenvalue weighted by Crippen LogP contribution is 2.44. The van der Waals surface area contributed by atoms with Crippen LogP contribution in [0.25, 0.3) is 0 Å². The number of ether oxygens (including phenoxy) is 3. The minimum Gasteiger partial charge on any atom is -0.496 e. The normalized spacial score (nSPS) is 14.9. The number of rotatable bonds is 3. The Morgan fingerprint density at radius 2 is 1.90 bits per heavy atom. The van der Waals surface area contributed by atoms with E-state index in [1.54, 1.807) is 18.4 Å². The van der Waals surface area contributed by atoms with E-state index in [-0.39, 0.29) is 4.83 Å². The Hall–Kier alpha value is -0.720. The van der Waals surface area contributed by atoms with E-state index in [9.17, 15) is 0 Å². The second-order valence-corrected chi connectivity index (χ2v) is 6.98. The van der Waals surface area contributed by atoms with Crippen molar-refractivity contribution in [2.24, 2.45) is 0 Å². The smallest absolute Gasteiger partial charge is 0.162 e. The first kappa shape index (κ1) is 14.2. The summed E-state index contributed by atoms with van der Waals surface area (Å²) in [6.07, 6.45) is 0. The van der Waals surface area contributed by atoms with Crippen LogP contribution in [0.15, 0.2) is 28.1 Å². The maximum atomic E-state index is 5.64. The Kier molecular flexibility index (Phi) is 4.23. The van der Waals surface area contributed by atoms with Gasteiger partial charge in [0.25, 0.3) is 0 Å². The van der Waals surface area contributed by atoms with Gasteiger partial charge in [0.2, 0.25) is 0 Å². The molecule has 0 fully saturated rings. The van der Waals surface area contributed by atoms with E-state index in [0.717, 1.165) is 27.3 Å². The second kappa shape index (κ2) is 5.95. The van der Waals surface area contributed by atoms with Gasteiger partial charge in [0.1, 0.15) is 19.0 Å². The van der Waals surface area contributed by atoms with Crippen molar-refractivity contribution in [1.29, 1.82) is 0 Å². The van der Waals surface area contributed by atoms with Crippen LogP contribution in [0.5, 0.6) is 17.2 Å². The molecule has 3 rings (SSSR count). The largest absolute Gasteiger partial charge is 0.496 e. The molecule has 0 spiro atoms. The molecule has 0 bridgehead atoms. The predicted molar refractivity (Wildman–Crippen MR) is 86.8 cm³/mol. The third-order valence-corrected chi connectivity index (χ3v) is 5.97. The molecule has 1 aromatic carbocycles. The number of hydrogen-bond acceptors (Lipinski definition) is 4. The molecule has 0 aliphatic carbocycles. The van der Waals surface area contributed by atoms with E-state index in [2.05, 4.69) is 31.9 Å². The highest BCUT2D eigenvalue weighted by molar-refractivity contribution is 9.11. The standard InChI is InChI=1S/C14H12Br2O3S/c1-17-8-4-13(20-7-8)14(16)9-5-11-12(6-10(9)15)19-3-2-18-11/h4-7,14H,2-3H2,1H3. The summed E-state index contributed by atoms with van der Waals surface area (Å²) in [6.45, 7) is 1.19. The van der Waals surface area contributed by atoms with Gasteiger partial charge in [-0.15, -0.1) is 11.3 Å². The third kappa shape index (κ3) is 2.69. The lowest BCUT2D eigenvalue weighted by Gasteiger charge is -2.21. The van der Waals surface area contributed by atoms with Gasteiger partial charge in [-0.2, -0.15) is 0 Å². The zero-order valence-corrected chi connectivity index (χ0v) is 14.7. The fourth-order valence-electron chi connectivity index (χ4n) is 2.00. The third-order valence-electron chi connectivity index (χ3n) is 3.02. The van der Waals surface area contributed by atoms with Crippen LogP contribution in [0.2, 0.25) is 0 Å². The van der Waals surface area contributed by atoms with Crippen LogP contribution in [0, 0.1) is 0 Å². The predicted octanol–water partition coefficient (Wildman–Crippen LogP) is 4.77. The van der Waals surface area contributed by atoms with Crippen molar-refractivity contribution in [3.05, 3.63) is 38.5 Å². The minimum absolute atomic E-state index is 0.0848. The molecule has 1 aliphatic rings. The topological polar surface area (TPSA) is 27.7 Å². The quantitative estimate of drug-likeness (QED) is 0.670. The Balaban J connectivity index is 1.96. The first-order chi connectivity index (χ1) is 9.69. The van der Waals surface area contributed by atoms with Crippen LogP contribution in [0.3, 0.4) is 0 Å². The highest BCUT2D eigenvalue weighted by Gasteiger charge is 2.21. The summed E-state index contributed by atoms with van der Waals surface area (Å²) in [4.78, 5) is 1.26. The van der Waals surface area contributed by atoms with Crippen molar-refractivity contribution in [2.75, 3.05) is 20.3 Å². The number of hydrogen-bond donors (Lipinski definition) is 0. The number of benzene rings is 1. The molecular weight excluding hydrogens is 408 g/mol. The molecule has 6 heteroatoms. The van der Waals surface area contributed by atoms with Gasteiger partial charge in [0.05, 0.1) is 11.9 Å². The maximum Gasteiger partial charge on any atom is 0.162 e. The molecule has 2 aromatic rings. The molecule has 1 aliphatic heterocycles. The summed E-state index contributed by atoms with van der Waals surface area (Å²) < 4.78 is 17.5. The molecule has 0 saturated heterocycles. The summed E-state index contributed by atoms with van der Waals surface area (Å²) >= 11 is 9.01. The van der Waals surface area contributed by atoms with Gasteiger partial charge < -0.3 is 14.2 Å². The number of thiophene rings is 1. The SMILES string of the molecule is COc1csc(C(Br)c2cc3c(cc2Br)OCCO3)c1. The first-order valence-corrected chi connectivity index (χ1v) is 8.63.